The fourth-order valence-corrected chi connectivity index (χ4v) is 3.67. The van der Waals surface area contributed by atoms with Gasteiger partial charge in [0.25, 0.3) is 0 Å². The first-order valence-electron chi connectivity index (χ1n) is 6.55. The number of hydrogen-bond acceptors (Lipinski definition) is 4. The molecular weight excluding hydrogens is 299 g/mol. The lowest BCUT2D eigenvalue weighted by atomic mass is 10.2. The Labute approximate surface area is 122 Å². The minimum absolute atomic E-state index is 0.0450. The number of hydrogen-bond donors (Lipinski definition) is 1. The number of carbonyl (C=O) groups is 1. The van der Waals surface area contributed by atoms with Gasteiger partial charge in [0.1, 0.15) is 11.9 Å². The Bertz CT molecular complexity index is 610. The number of aliphatic carboxylic acids is 1. The molecule has 0 saturated carbocycles. The molecule has 0 bridgehead atoms. The number of carboxylic acids is 1. The molecule has 1 heterocycles. The van der Waals surface area contributed by atoms with E-state index in [4.69, 9.17) is 5.11 Å². The third kappa shape index (κ3) is 3.39. The molecule has 1 aliphatic rings. The first-order valence-corrected chi connectivity index (χ1v) is 7.99. The average molecular weight is 316 g/mol. The van der Waals surface area contributed by atoms with Crippen molar-refractivity contribution in [3.63, 3.8) is 0 Å². The molecule has 0 radical (unpaired) electrons. The monoisotopic (exact) mass is 316 g/mol. The Morgan fingerprint density at radius 1 is 1.19 bits per heavy atom. The maximum absolute atomic E-state index is 12.9. The fraction of sp³-hybridized carbons (Fsp3) is 0.462. The Morgan fingerprint density at radius 3 is 2.19 bits per heavy atom. The van der Waals surface area contributed by atoms with Gasteiger partial charge in [0.2, 0.25) is 10.0 Å². The molecule has 116 valence electrons. The summed E-state index contributed by atoms with van der Waals surface area (Å²) in [5.41, 5.74) is 0. The van der Waals surface area contributed by atoms with Crippen LogP contribution >= 0.6 is 0 Å². The summed E-state index contributed by atoms with van der Waals surface area (Å²) in [6, 6.07) is 4.04. The van der Waals surface area contributed by atoms with Gasteiger partial charge in [0.15, 0.2) is 0 Å². The zero-order valence-corrected chi connectivity index (χ0v) is 12.4. The van der Waals surface area contributed by atoms with Crippen molar-refractivity contribution in [3.05, 3.63) is 30.1 Å². The smallest absolute Gasteiger partial charge is 0.320 e. The molecule has 1 unspecified atom stereocenters. The fourth-order valence-electron chi connectivity index (χ4n) is 2.24. The van der Waals surface area contributed by atoms with Crippen molar-refractivity contribution in [1.29, 1.82) is 0 Å². The summed E-state index contributed by atoms with van der Waals surface area (Å²) >= 11 is 0. The maximum atomic E-state index is 12.9. The van der Waals surface area contributed by atoms with Gasteiger partial charge in [0, 0.05) is 26.2 Å². The van der Waals surface area contributed by atoms with Gasteiger partial charge < -0.3 is 5.11 Å². The normalized spacial score (nSPS) is 19.3. The highest BCUT2D eigenvalue weighted by Crippen LogP contribution is 2.18. The Kier molecular flexibility index (Phi) is 4.60. The largest absolute Gasteiger partial charge is 0.480 e. The number of nitrogens with zero attached hydrogens (tertiary/aromatic N) is 2. The Hall–Kier alpha value is -1.51. The minimum atomic E-state index is -3.66. The predicted molar refractivity (Wildman–Crippen MR) is 73.8 cm³/mol. The SMILES string of the molecule is CC(C(=O)O)N1CCN(S(=O)(=O)c2ccc(F)cc2)CC1. The maximum Gasteiger partial charge on any atom is 0.320 e. The number of halogens is 1. The number of sulfonamides is 1. The quantitative estimate of drug-likeness (QED) is 0.880. The van der Waals surface area contributed by atoms with E-state index in [0.717, 1.165) is 12.1 Å². The van der Waals surface area contributed by atoms with Gasteiger partial charge in [-0.3, -0.25) is 9.69 Å². The van der Waals surface area contributed by atoms with E-state index >= 15 is 0 Å². The van der Waals surface area contributed by atoms with Crippen LogP contribution in [0.15, 0.2) is 29.2 Å². The number of benzene rings is 1. The summed E-state index contributed by atoms with van der Waals surface area (Å²) in [5.74, 6) is -1.42. The molecule has 1 aromatic carbocycles. The van der Waals surface area contributed by atoms with Gasteiger partial charge in [-0.1, -0.05) is 0 Å². The minimum Gasteiger partial charge on any atom is -0.480 e. The highest BCUT2D eigenvalue weighted by atomic mass is 32.2. The van der Waals surface area contributed by atoms with E-state index in [9.17, 15) is 17.6 Å². The van der Waals surface area contributed by atoms with Crippen molar-refractivity contribution >= 4 is 16.0 Å². The van der Waals surface area contributed by atoms with Crippen LogP contribution < -0.4 is 0 Å². The summed E-state index contributed by atoms with van der Waals surface area (Å²) in [4.78, 5) is 12.7. The van der Waals surface area contributed by atoms with Crippen LogP contribution in [0.1, 0.15) is 6.92 Å². The summed E-state index contributed by atoms with van der Waals surface area (Å²) in [5, 5.41) is 8.95. The topological polar surface area (TPSA) is 77.9 Å². The van der Waals surface area contributed by atoms with E-state index in [2.05, 4.69) is 0 Å². The van der Waals surface area contributed by atoms with Crippen molar-refractivity contribution in [2.24, 2.45) is 0 Å². The lowest BCUT2D eigenvalue weighted by Gasteiger charge is -2.35. The van der Waals surface area contributed by atoms with E-state index in [1.54, 1.807) is 11.8 Å². The van der Waals surface area contributed by atoms with Gasteiger partial charge in [-0.15, -0.1) is 0 Å². The van der Waals surface area contributed by atoms with Gasteiger partial charge in [-0.2, -0.15) is 4.31 Å². The summed E-state index contributed by atoms with van der Waals surface area (Å²) < 4.78 is 38.9. The van der Waals surface area contributed by atoms with E-state index in [0.29, 0.717) is 13.1 Å². The van der Waals surface area contributed by atoms with E-state index in [-0.39, 0.29) is 18.0 Å². The predicted octanol–water partition coefficient (Wildman–Crippen LogP) is 0.605. The van der Waals surface area contributed by atoms with Gasteiger partial charge in [-0.25, -0.2) is 12.8 Å². The van der Waals surface area contributed by atoms with E-state index in [1.807, 2.05) is 0 Å². The summed E-state index contributed by atoms with van der Waals surface area (Å²) in [6.07, 6.45) is 0. The lowest BCUT2D eigenvalue weighted by Crippen LogP contribution is -2.53. The zero-order valence-electron chi connectivity index (χ0n) is 11.6. The van der Waals surface area contributed by atoms with Crippen molar-refractivity contribution in [1.82, 2.24) is 9.21 Å². The zero-order chi connectivity index (χ0) is 15.6. The molecule has 1 aromatic rings. The van der Waals surface area contributed by atoms with E-state index < -0.39 is 27.9 Å². The first kappa shape index (κ1) is 15.9. The number of rotatable bonds is 4. The second-order valence-electron chi connectivity index (χ2n) is 4.91. The van der Waals surface area contributed by atoms with Crippen molar-refractivity contribution in [2.75, 3.05) is 26.2 Å². The Morgan fingerprint density at radius 2 is 1.71 bits per heavy atom. The molecule has 1 aliphatic heterocycles. The molecule has 0 aliphatic carbocycles. The molecule has 2 rings (SSSR count). The van der Waals surface area contributed by atoms with Crippen LogP contribution in [0.3, 0.4) is 0 Å². The molecule has 1 N–H and O–H groups in total. The highest BCUT2D eigenvalue weighted by Gasteiger charge is 2.31. The van der Waals surface area contributed by atoms with Crippen molar-refractivity contribution < 1.29 is 22.7 Å². The van der Waals surface area contributed by atoms with Crippen molar-refractivity contribution in [2.45, 2.75) is 17.9 Å². The van der Waals surface area contributed by atoms with Crippen LogP contribution in [0.5, 0.6) is 0 Å². The van der Waals surface area contributed by atoms with Crippen LogP contribution in [0.4, 0.5) is 4.39 Å². The summed E-state index contributed by atoms with van der Waals surface area (Å²) in [7, 11) is -3.66. The molecule has 0 amide bonds. The number of carboxylic acid groups (broad SMARTS) is 1. The molecule has 1 atom stereocenters. The van der Waals surface area contributed by atoms with Crippen molar-refractivity contribution in [3.8, 4) is 0 Å². The molecular formula is C13H17FN2O4S. The third-order valence-electron chi connectivity index (χ3n) is 3.63. The molecule has 1 fully saturated rings. The van der Waals surface area contributed by atoms with Crippen LogP contribution in [0, 0.1) is 5.82 Å². The van der Waals surface area contributed by atoms with Gasteiger partial charge in [0.05, 0.1) is 4.90 Å². The molecule has 6 nitrogen and oxygen atoms in total. The number of piperazine rings is 1. The standard InChI is InChI=1S/C13H17FN2O4S/c1-10(13(17)18)15-6-8-16(9-7-15)21(19,20)12-4-2-11(14)3-5-12/h2-5,10H,6-9H2,1H3,(H,17,18). The molecule has 0 spiro atoms. The van der Waals surface area contributed by atoms with Crippen LogP contribution in [-0.2, 0) is 14.8 Å². The Balaban J connectivity index is 2.07. The average Bonchev–Trinajstić information content (AvgIpc) is 2.47. The van der Waals surface area contributed by atoms with Gasteiger partial charge in [-0.05, 0) is 31.2 Å². The first-order chi connectivity index (χ1) is 9.82. The second kappa shape index (κ2) is 6.08. The van der Waals surface area contributed by atoms with Crippen LogP contribution in [0.2, 0.25) is 0 Å². The lowest BCUT2D eigenvalue weighted by molar-refractivity contribution is -0.143. The van der Waals surface area contributed by atoms with Gasteiger partial charge >= 0.3 is 5.97 Å². The third-order valence-corrected chi connectivity index (χ3v) is 5.54. The van der Waals surface area contributed by atoms with Crippen LogP contribution in [-0.4, -0.2) is 60.9 Å². The molecule has 0 aromatic heterocycles. The van der Waals surface area contributed by atoms with E-state index in [1.165, 1.54) is 16.4 Å². The summed E-state index contributed by atoms with van der Waals surface area (Å²) in [6.45, 7) is 2.73. The highest BCUT2D eigenvalue weighted by molar-refractivity contribution is 7.89. The molecule has 8 heteroatoms. The molecule has 21 heavy (non-hydrogen) atoms. The van der Waals surface area contributed by atoms with Crippen LogP contribution in [0.25, 0.3) is 0 Å². The second-order valence-corrected chi connectivity index (χ2v) is 6.85. The molecule has 1 saturated heterocycles.